The molecule has 1 fully saturated rings. The number of aromatic nitrogens is 1. The number of ketones is 1. The van der Waals surface area contributed by atoms with Gasteiger partial charge in [0.15, 0.2) is 11.7 Å². The SMILES string of the molecule is CC(=O)c1coc([C@H](CCCC2CCCCC2)CC(=O)NOCc2ccccc2)n1. The summed E-state index contributed by atoms with van der Waals surface area (Å²) in [7, 11) is 0. The lowest BCUT2D eigenvalue weighted by molar-refractivity contribution is -0.135. The molecule has 0 spiro atoms. The fourth-order valence-electron chi connectivity index (χ4n) is 4.12. The Bertz CT molecular complexity index is 797. The summed E-state index contributed by atoms with van der Waals surface area (Å²) >= 11 is 0. The second kappa shape index (κ2) is 11.6. The van der Waals surface area contributed by atoms with Gasteiger partial charge in [0.25, 0.3) is 0 Å². The number of amides is 1. The number of Topliss-reactive ketones (excluding diaryl/α,β-unsaturated/α-hetero) is 1. The summed E-state index contributed by atoms with van der Waals surface area (Å²) < 4.78 is 5.55. The zero-order valence-electron chi connectivity index (χ0n) is 17.8. The third-order valence-electron chi connectivity index (χ3n) is 5.82. The maximum atomic E-state index is 12.5. The van der Waals surface area contributed by atoms with E-state index in [0.717, 1.165) is 24.3 Å². The first-order chi connectivity index (χ1) is 14.6. The number of nitrogens with one attached hydrogen (secondary N) is 1. The minimum Gasteiger partial charge on any atom is -0.448 e. The van der Waals surface area contributed by atoms with E-state index in [1.54, 1.807) is 0 Å². The Kier molecular flexibility index (Phi) is 8.63. The van der Waals surface area contributed by atoms with E-state index in [9.17, 15) is 9.59 Å². The van der Waals surface area contributed by atoms with Gasteiger partial charge in [-0.1, -0.05) is 75.3 Å². The summed E-state index contributed by atoms with van der Waals surface area (Å²) in [5.41, 5.74) is 3.82. The number of hydroxylamine groups is 1. The molecule has 162 valence electrons. The van der Waals surface area contributed by atoms with Gasteiger partial charge in [0.05, 0.1) is 6.61 Å². The summed E-state index contributed by atoms with van der Waals surface area (Å²) in [6, 6.07) is 9.67. The van der Waals surface area contributed by atoms with Crippen molar-refractivity contribution in [1.29, 1.82) is 0 Å². The number of hydrogen-bond acceptors (Lipinski definition) is 5. The van der Waals surface area contributed by atoms with Gasteiger partial charge in [0, 0.05) is 19.3 Å². The van der Waals surface area contributed by atoms with Gasteiger partial charge in [-0.2, -0.15) is 0 Å². The highest BCUT2D eigenvalue weighted by Crippen LogP contribution is 2.31. The Labute approximate surface area is 178 Å². The van der Waals surface area contributed by atoms with Crippen LogP contribution in [0.1, 0.15) is 92.6 Å². The lowest BCUT2D eigenvalue weighted by Crippen LogP contribution is -2.25. The van der Waals surface area contributed by atoms with Crippen molar-refractivity contribution in [3.63, 3.8) is 0 Å². The van der Waals surface area contributed by atoms with Gasteiger partial charge >= 0.3 is 0 Å². The monoisotopic (exact) mass is 412 g/mol. The highest BCUT2D eigenvalue weighted by atomic mass is 16.6. The molecule has 1 heterocycles. The van der Waals surface area contributed by atoms with Crippen molar-refractivity contribution in [3.05, 3.63) is 53.7 Å². The third kappa shape index (κ3) is 7.10. The lowest BCUT2D eigenvalue weighted by Gasteiger charge is -2.22. The molecule has 2 aromatic rings. The summed E-state index contributed by atoms with van der Waals surface area (Å²) in [6.07, 6.45) is 11.2. The quantitative estimate of drug-likeness (QED) is 0.397. The normalized spacial score (nSPS) is 15.6. The molecule has 0 aliphatic heterocycles. The van der Waals surface area contributed by atoms with Crippen LogP contribution in [0.5, 0.6) is 0 Å². The van der Waals surface area contributed by atoms with Crippen LogP contribution in [0.3, 0.4) is 0 Å². The van der Waals surface area contributed by atoms with Gasteiger partial charge in [-0.3, -0.25) is 14.4 Å². The second-order valence-corrected chi connectivity index (χ2v) is 8.26. The molecule has 1 aliphatic rings. The van der Waals surface area contributed by atoms with E-state index in [2.05, 4.69) is 10.5 Å². The standard InChI is InChI=1S/C24H32N2O4/c1-18(27)22-17-29-24(25-22)21(14-8-13-19-9-4-2-5-10-19)15-23(28)26-30-16-20-11-6-3-7-12-20/h3,6-7,11-12,17,19,21H,2,4-5,8-10,13-16H2,1H3,(H,26,28)/t21-/m1/s1. The van der Waals surface area contributed by atoms with Crippen molar-refractivity contribution in [3.8, 4) is 0 Å². The molecule has 0 saturated heterocycles. The molecular weight excluding hydrogens is 380 g/mol. The van der Waals surface area contributed by atoms with Gasteiger partial charge in [0.2, 0.25) is 5.91 Å². The molecule has 3 rings (SSSR count). The van der Waals surface area contributed by atoms with E-state index in [1.807, 2.05) is 30.3 Å². The van der Waals surface area contributed by atoms with Gasteiger partial charge in [-0.25, -0.2) is 10.5 Å². The molecular formula is C24H32N2O4. The number of nitrogens with zero attached hydrogens (tertiary/aromatic N) is 1. The number of oxazole rings is 1. The smallest absolute Gasteiger partial charge is 0.244 e. The number of carbonyl (C=O) groups is 2. The van der Waals surface area contributed by atoms with Crippen LogP contribution >= 0.6 is 0 Å². The zero-order valence-corrected chi connectivity index (χ0v) is 17.8. The maximum Gasteiger partial charge on any atom is 0.244 e. The van der Waals surface area contributed by atoms with Crippen molar-refractivity contribution >= 4 is 11.7 Å². The summed E-state index contributed by atoms with van der Waals surface area (Å²) in [6.45, 7) is 1.77. The Morgan fingerprint density at radius 3 is 2.67 bits per heavy atom. The first-order valence-electron chi connectivity index (χ1n) is 11.0. The number of hydrogen-bond donors (Lipinski definition) is 1. The number of carbonyl (C=O) groups excluding carboxylic acids is 2. The molecule has 1 N–H and O–H groups in total. The Morgan fingerprint density at radius 1 is 1.20 bits per heavy atom. The Balaban J connectivity index is 1.52. The molecule has 1 saturated carbocycles. The number of rotatable bonds is 11. The minimum atomic E-state index is -0.212. The molecule has 0 radical (unpaired) electrons. The number of benzene rings is 1. The topological polar surface area (TPSA) is 81.4 Å². The lowest BCUT2D eigenvalue weighted by atomic mass is 9.84. The molecule has 1 aliphatic carbocycles. The summed E-state index contributed by atoms with van der Waals surface area (Å²) in [4.78, 5) is 33.7. The molecule has 6 nitrogen and oxygen atoms in total. The zero-order chi connectivity index (χ0) is 21.2. The van der Waals surface area contributed by atoms with Crippen LogP contribution in [0.2, 0.25) is 0 Å². The second-order valence-electron chi connectivity index (χ2n) is 8.26. The van der Waals surface area contributed by atoms with Gasteiger partial charge in [-0.05, 0) is 17.9 Å². The van der Waals surface area contributed by atoms with Crippen LogP contribution in [-0.2, 0) is 16.2 Å². The van der Waals surface area contributed by atoms with E-state index in [1.165, 1.54) is 51.7 Å². The molecule has 30 heavy (non-hydrogen) atoms. The van der Waals surface area contributed by atoms with Crippen LogP contribution in [0.25, 0.3) is 0 Å². The fraction of sp³-hybridized carbons (Fsp3) is 0.542. The predicted octanol–water partition coefficient (Wildman–Crippen LogP) is 5.35. The molecule has 6 heteroatoms. The van der Waals surface area contributed by atoms with Gasteiger partial charge < -0.3 is 4.42 Å². The molecule has 1 atom stereocenters. The third-order valence-corrected chi connectivity index (χ3v) is 5.82. The fourth-order valence-corrected chi connectivity index (χ4v) is 4.12. The van der Waals surface area contributed by atoms with E-state index in [-0.39, 0.29) is 24.0 Å². The highest BCUT2D eigenvalue weighted by molar-refractivity contribution is 5.91. The van der Waals surface area contributed by atoms with Crippen molar-refractivity contribution in [2.45, 2.75) is 77.2 Å². The van der Waals surface area contributed by atoms with Crippen LogP contribution < -0.4 is 5.48 Å². The van der Waals surface area contributed by atoms with E-state index >= 15 is 0 Å². The Hall–Kier alpha value is -2.47. The van der Waals surface area contributed by atoms with Crippen molar-refractivity contribution in [1.82, 2.24) is 10.5 Å². The van der Waals surface area contributed by atoms with Gasteiger partial charge in [-0.15, -0.1) is 0 Å². The van der Waals surface area contributed by atoms with E-state index < -0.39 is 0 Å². The van der Waals surface area contributed by atoms with Crippen LogP contribution in [0.15, 0.2) is 41.0 Å². The first-order valence-corrected chi connectivity index (χ1v) is 11.0. The molecule has 1 amide bonds. The average Bonchev–Trinajstić information content (AvgIpc) is 3.25. The van der Waals surface area contributed by atoms with Gasteiger partial charge in [0.1, 0.15) is 12.0 Å². The average molecular weight is 413 g/mol. The largest absolute Gasteiger partial charge is 0.448 e. The Morgan fingerprint density at radius 2 is 1.97 bits per heavy atom. The predicted molar refractivity (Wildman–Crippen MR) is 114 cm³/mol. The summed E-state index contributed by atoms with van der Waals surface area (Å²) in [5, 5.41) is 0. The van der Waals surface area contributed by atoms with Crippen LogP contribution in [0, 0.1) is 5.92 Å². The molecule has 0 bridgehead atoms. The van der Waals surface area contributed by atoms with Crippen molar-refractivity contribution < 1.29 is 18.8 Å². The molecule has 1 aromatic heterocycles. The molecule has 1 aromatic carbocycles. The van der Waals surface area contributed by atoms with Crippen molar-refractivity contribution in [2.75, 3.05) is 0 Å². The first kappa shape index (κ1) is 22.2. The maximum absolute atomic E-state index is 12.5. The minimum absolute atomic E-state index is 0.137. The van der Waals surface area contributed by atoms with Crippen molar-refractivity contribution in [2.24, 2.45) is 5.92 Å². The summed E-state index contributed by atoms with van der Waals surface area (Å²) in [5.74, 6) is 0.738. The van der Waals surface area contributed by atoms with Crippen LogP contribution in [-0.4, -0.2) is 16.7 Å². The van der Waals surface area contributed by atoms with E-state index in [4.69, 9.17) is 9.25 Å². The van der Waals surface area contributed by atoms with E-state index in [0.29, 0.717) is 18.2 Å². The highest BCUT2D eigenvalue weighted by Gasteiger charge is 2.23. The van der Waals surface area contributed by atoms with Crippen LogP contribution in [0.4, 0.5) is 0 Å². The molecule has 0 unspecified atom stereocenters.